The van der Waals surface area contributed by atoms with Gasteiger partial charge in [0.1, 0.15) is 0 Å². The molecular weight excluding hydrogens is 680 g/mol. The monoisotopic (exact) mass is 706 g/mol. The Kier molecular flexibility index (Phi) is 10.1. The first-order chi connectivity index (χ1) is 22.4. The minimum atomic E-state index is -5.08. The Morgan fingerprint density at radius 3 is 2.47 bits per heavy atom. The lowest BCUT2D eigenvalue weighted by Gasteiger charge is -2.32. The number of nitriles is 1. The third kappa shape index (κ3) is 7.38. The zero-order valence-electron chi connectivity index (χ0n) is 24.6. The quantitative estimate of drug-likeness (QED) is 0.207. The Morgan fingerprint density at radius 2 is 1.81 bits per heavy atom. The van der Waals surface area contributed by atoms with Gasteiger partial charge in [0.2, 0.25) is 0 Å². The van der Waals surface area contributed by atoms with Crippen molar-refractivity contribution in [2.45, 2.75) is 38.7 Å². The third-order valence-electron chi connectivity index (χ3n) is 7.87. The number of carbonyl (C=O) groups is 1. The van der Waals surface area contributed by atoms with E-state index in [0.29, 0.717) is 18.1 Å². The van der Waals surface area contributed by atoms with E-state index in [2.05, 4.69) is 20.9 Å². The Morgan fingerprint density at radius 1 is 1.11 bits per heavy atom. The lowest BCUT2D eigenvalue weighted by molar-refractivity contribution is -0.192. The number of alkyl halides is 4. The molecule has 4 aromatic heterocycles. The van der Waals surface area contributed by atoms with Gasteiger partial charge >= 0.3 is 17.8 Å². The van der Waals surface area contributed by atoms with E-state index < -0.39 is 23.3 Å². The van der Waals surface area contributed by atoms with Crippen molar-refractivity contribution in [3.63, 3.8) is 0 Å². The van der Waals surface area contributed by atoms with Gasteiger partial charge in [-0.3, -0.25) is 18.9 Å². The molecule has 0 bridgehead atoms. The molecule has 10 nitrogen and oxygen atoms in total. The van der Waals surface area contributed by atoms with Gasteiger partial charge in [-0.25, -0.2) is 9.59 Å². The lowest BCUT2D eigenvalue weighted by Crippen LogP contribution is -2.39. The number of carboxylic acids is 1. The van der Waals surface area contributed by atoms with Crippen LogP contribution in [0.1, 0.15) is 17.7 Å². The lowest BCUT2D eigenvalue weighted by atomic mass is 9.80. The Hall–Kier alpha value is -4.16. The van der Waals surface area contributed by atoms with Crippen LogP contribution in [0, 0.1) is 16.7 Å². The second kappa shape index (κ2) is 13.9. The number of nitrogens with one attached hydrogen (secondary N) is 1. The number of piperidine rings is 1. The van der Waals surface area contributed by atoms with E-state index in [1.54, 1.807) is 6.20 Å². The SMILES string of the molecule is N#CC1(Cn2ccc3cc(Cl)cc(-c4ccnc5cc(Cn6c(=O)ccn(CCCl)c6=O)sc45)c32)CCNCC1.O=C(O)C(F)(F)F. The van der Waals surface area contributed by atoms with Gasteiger partial charge in [0.15, 0.2) is 0 Å². The van der Waals surface area contributed by atoms with Gasteiger partial charge in [-0.2, -0.15) is 18.4 Å². The van der Waals surface area contributed by atoms with Gasteiger partial charge in [-0.05, 0) is 56.3 Å². The largest absolute Gasteiger partial charge is 0.490 e. The molecule has 1 aromatic carbocycles. The van der Waals surface area contributed by atoms with Crippen molar-refractivity contribution in [3.8, 4) is 17.2 Å². The molecule has 2 N–H and O–H groups in total. The van der Waals surface area contributed by atoms with Crippen LogP contribution in [0.4, 0.5) is 13.2 Å². The van der Waals surface area contributed by atoms with Crippen LogP contribution >= 0.6 is 34.5 Å². The van der Waals surface area contributed by atoms with Crippen molar-refractivity contribution in [2.24, 2.45) is 5.41 Å². The zero-order chi connectivity index (χ0) is 33.9. The fraction of sp³-hybridized carbons (Fsp3) is 0.323. The summed E-state index contributed by atoms with van der Waals surface area (Å²) < 4.78 is 37.5. The van der Waals surface area contributed by atoms with E-state index in [4.69, 9.17) is 33.1 Å². The van der Waals surface area contributed by atoms with E-state index in [-0.39, 0.29) is 18.0 Å². The van der Waals surface area contributed by atoms with Gasteiger partial charge in [-0.1, -0.05) is 11.6 Å². The topological polar surface area (TPSA) is 135 Å². The van der Waals surface area contributed by atoms with Gasteiger partial charge in [-0.15, -0.1) is 22.9 Å². The molecule has 1 saturated heterocycles. The van der Waals surface area contributed by atoms with Crippen LogP contribution in [0.2, 0.25) is 5.02 Å². The van der Waals surface area contributed by atoms with Crippen molar-refractivity contribution in [1.29, 1.82) is 5.26 Å². The van der Waals surface area contributed by atoms with Crippen LogP contribution in [-0.2, 0) is 24.4 Å². The molecule has 0 unspecified atom stereocenters. The van der Waals surface area contributed by atoms with E-state index in [0.717, 1.165) is 63.1 Å². The highest BCUT2D eigenvalue weighted by Gasteiger charge is 2.38. The summed E-state index contributed by atoms with van der Waals surface area (Å²) in [6, 6.07) is 13.8. The molecule has 0 spiro atoms. The normalized spacial score (nSPS) is 14.5. The highest BCUT2D eigenvalue weighted by molar-refractivity contribution is 7.19. The zero-order valence-corrected chi connectivity index (χ0v) is 26.9. The number of halogens is 5. The summed E-state index contributed by atoms with van der Waals surface area (Å²) in [5.41, 5.74) is 2.53. The fourth-order valence-corrected chi connectivity index (χ4v) is 7.12. The summed E-state index contributed by atoms with van der Waals surface area (Å²) in [5.74, 6) is -2.48. The fourth-order valence-electron chi connectivity index (χ4n) is 5.58. The van der Waals surface area contributed by atoms with E-state index in [9.17, 15) is 28.0 Å². The standard InChI is InChI=1S/C29H26Cl2N6O2S.C2HF3O2/c30-6-12-35-11-3-25(38)37(28(35)39)16-21-15-24-27(40-21)22(1-7-34-24)23-14-20(31)13-19-2-10-36(26(19)23)18-29(17-32)4-8-33-9-5-29;3-2(4,5)1(6)7/h1-3,7,10-11,13-15,33H,4-6,8-9,12,16,18H2;(H,6,7). The molecule has 0 radical (unpaired) electrons. The van der Waals surface area contributed by atoms with Crippen LogP contribution in [0.5, 0.6) is 0 Å². The molecule has 16 heteroatoms. The molecule has 5 heterocycles. The second-order valence-corrected chi connectivity index (χ2v) is 12.9. The second-order valence-electron chi connectivity index (χ2n) is 11.0. The summed E-state index contributed by atoms with van der Waals surface area (Å²) in [4.78, 5) is 39.8. The maximum absolute atomic E-state index is 12.9. The van der Waals surface area contributed by atoms with Gasteiger partial charge in [0.25, 0.3) is 5.56 Å². The number of fused-ring (bicyclic) bond motifs is 2. The number of nitrogens with zero attached hydrogens (tertiary/aromatic N) is 5. The van der Waals surface area contributed by atoms with Crippen molar-refractivity contribution < 1.29 is 23.1 Å². The van der Waals surface area contributed by atoms with Crippen molar-refractivity contribution in [2.75, 3.05) is 19.0 Å². The van der Waals surface area contributed by atoms with Crippen molar-refractivity contribution in [1.82, 2.24) is 24.0 Å². The third-order valence-corrected chi connectivity index (χ3v) is 9.40. The summed E-state index contributed by atoms with van der Waals surface area (Å²) >= 11 is 13.9. The van der Waals surface area contributed by atoms with E-state index in [1.165, 1.54) is 32.7 Å². The van der Waals surface area contributed by atoms with Gasteiger partial charge in [0.05, 0.1) is 33.8 Å². The van der Waals surface area contributed by atoms with Gasteiger partial charge in [0, 0.05) is 70.0 Å². The molecule has 5 aromatic rings. The van der Waals surface area contributed by atoms with E-state index in [1.807, 2.05) is 36.5 Å². The molecule has 1 fully saturated rings. The molecular formula is C31H27Cl2F3N6O4S. The van der Waals surface area contributed by atoms with Crippen LogP contribution < -0.4 is 16.6 Å². The van der Waals surface area contributed by atoms with Gasteiger partial charge < -0.3 is 15.0 Å². The minimum Gasteiger partial charge on any atom is -0.475 e. The smallest absolute Gasteiger partial charge is 0.475 e. The van der Waals surface area contributed by atoms with Crippen molar-refractivity contribution in [3.05, 3.63) is 85.7 Å². The molecule has 246 valence electrons. The number of carboxylic acid groups (broad SMARTS) is 1. The predicted molar refractivity (Wildman–Crippen MR) is 174 cm³/mol. The maximum Gasteiger partial charge on any atom is 0.490 e. The van der Waals surface area contributed by atoms with Crippen LogP contribution in [0.15, 0.2) is 64.6 Å². The maximum atomic E-state index is 12.9. The minimum absolute atomic E-state index is 0.140. The summed E-state index contributed by atoms with van der Waals surface area (Å²) in [7, 11) is 0. The Labute approximate surface area is 279 Å². The first kappa shape index (κ1) is 34.2. The van der Waals surface area contributed by atoms with Crippen LogP contribution in [0.25, 0.3) is 32.2 Å². The predicted octanol–water partition coefficient (Wildman–Crippen LogP) is 5.71. The van der Waals surface area contributed by atoms with Crippen LogP contribution in [-0.4, -0.2) is 54.9 Å². The summed E-state index contributed by atoms with van der Waals surface area (Å²) in [6.07, 6.45) is 1.79. The number of aliphatic carboxylic acids is 1. The number of benzene rings is 1. The first-order valence-electron chi connectivity index (χ1n) is 14.3. The highest BCUT2D eigenvalue weighted by Crippen LogP contribution is 2.40. The number of aryl methyl sites for hydroxylation is 1. The Bertz CT molecular complexity index is 2110. The number of rotatable bonds is 7. The molecule has 0 atom stereocenters. The van der Waals surface area contributed by atoms with E-state index >= 15 is 0 Å². The molecule has 0 saturated carbocycles. The summed E-state index contributed by atoms with van der Waals surface area (Å²) in [5, 5.41) is 22.2. The highest BCUT2D eigenvalue weighted by atomic mass is 35.5. The first-order valence-corrected chi connectivity index (χ1v) is 16.0. The molecule has 1 aliphatic rings. The average molecular weight is 708 g/mol. The number of thiophene rings is 1. The number of hydrogen-bond acceptors (Lipinski definition) is 7. The average Bonchev–Trinajstić information content (AvgIpc) is 3.64. The molecule has 0 amide bonds. The van der Waals surface area contributed by atoms with Crippen LogP contribution in [0.3, 0.4) is 0 Å². The Balaban J connectivity index is 0.000000559. The van der Waals surface area contributed by atoms with Crippen molar-refractivity contribution >= 4 is 61.6 Å². The molecule has 0 aliphatic carbocycles. The molecule has 1 aliphatic heterocycles. The number of hydrogen-bond donors (Lipinski definition) is 2. The number of aromatic nitrogens is 4. The number of pyridine rings is 1. The molecule has 6 rings (SSSR count). The molecule has 47 heavy (non-hydrogen) atoms. The summed E-state index contributed by atoms with van der Waals surface area (Å²) in [6.45, 7) is 2.72.